The van der Waals surface area contributed by atoms with Crippen LogP contribution in [0, 0.1) is 11.6 Å². The summed E-state index contributed by atoms with van der Waals surface area (Å²) in [6.45, 7) is 1.46. The number of ether oxygens (including phenoxy) is 2. The van der Waals surface area contributed by atoms with Crippen LogP contribution in [0.1, 0.15) is 10.4 Å². The summed E-state index contributed by atoms with van der Waals surface area (Å²) in [5.74, 6) is -2.63. The van der Waals surface area contributed by atoms with Crippen molar-refractivity contribution in [3.8, 4) is 0 Å². The molecule has 19 heavy (non-hydrogen) atoms. The average molecular weight is 336 g/mol. The van der Waals surface area contributed by atoms with Gasteiger partial charge in [-0.25, -0.2) is 8.78 Å². The third kappa shape index (κ3) is 3.71. The van der Waals surface area contributed by atoms with Crippen molar-refractivity contribution in [1.82, 2.24) is 5.32 Å². The first kappa shape index (κ1) is 14.4. The highest BCUT2D eigenvalue weighted by molar-refractivity contribution is 9.10. The zero-order valence-corrected chi connectivity index (χ0v) is 11.5. The van der Waals surface area contributed by atoms with E-state index in [2.05, 4.69) is 21.2 Å². The van der Waals surface area contributed by atoms with E-state index in [1.54, 1.807) is 0 Å². The van der Waals surface area contributed by atoms with E-state index in [0.717, 1.165) is 12.1 Å². The summed E-state index contributed by atoms with van der Waals surface area (Å²) in [6, 6.07) is 2.08. The van der Waals surface area contributed by atoms with Crippen molar-refractivity contribution in [2.75, 3.05) is 26.4 Å². The molecule has 1 heterocycles. The summed E-state index contributed by atoms with van der Waals surface area (Å²) >= 11 is 2.95. The molecule has 1 aromatic carbocycles. The number of nitrogens with one attached hydrogen (secondary N) is 1. The first-order valence-corrected chi connectivity index (χ1v) is 6.49. The average Bonchev–Trinajstić information content (AvgIpc) is 2.36. The van der Waals surface area contributed by atoms with Crippen molar-refractivity contribution in [3.63, 3.8) is 0 Å². The molecule has 1 N–H and O–H groups in total. The summed E-state index contributed by atoms with van der Waals surface area (Å²) in [6.07, 6.45) is -0.292. The van der Waals surface area contributed by atoms with Gasteiger partial charge >= 0.3 is 0 Å². The summed E-state index contributed by atoms with van der Waals surface area (Å²) < 4.78 is 37.8. The lowest BCUT2D eigenvalue weighted by Crippen LogP contribution is -2.40. The summed E-state index contributed by atoms with van der Waals surface area (Å²) in [5.41, 5.74) is -0.597. The quantitative estimate of drug-likeness (QED) is 0.917. The Morgan fingerprint density at radius 3 is 2.63 bits per heavy atom. The molecule has 2 rings (SSSR count). The van der Waals surface area contributed by atoms with Crippen LogP contribution in [0.5, 0.6) is 0 Å². The Labute approximate surface area is 117 Å². The van der Waals surface area contributed by atoms with Crippen molar-refractivity contribution in [1.29, 1.82) is 0 Å². The number of rotatable bonds is 3. The van der Waals surface area contributed by atoms with Crippen LogP contribution >= 0.6 is 15.9 Å². The SMILES string of the molecule is O=C(NCC1COCCO1)c1c(F)cc(Br)cc1F. The van der Waals surface area contributed by atoms with Gasteiger partial charge in [0, 0.05) is 11.0 Å². The molecule has 0 spiro atoms. The van der Waals surface area contributed by atoms with Crippen LogP contribution in [0.3, 0.4) is 0 Å². The molecule has 0 aromatic heterocycles. The molecule has 1 fully saturated rings. The third-order valence-electron chi connectivity index (χ3n) is 2.61. The molecule has 1 unspecified atom stereocenters. The van der Waals surface area contributed by atoms with E-state index in [4.69, 9.17) is 9.47 Å². The molecule has 1 aliphatic heterocycles. The smallest absolute Gasteiger partial charge is 0.257 e. The number of carbonyl (C=O) groups excluding carboxylic acids is 1. The van der Waals surface area contributed by atoms with E-state index in [-0.39, 0.29) is 17.1 Å². The molecule has 0 radical (unpaired) electrons. The van der Waals surface area contributed by atoms with Crippen LogP contribution in [-0.2, 0) is 9.47 Å². The van der Waals surface area contributed by atoms with Gasteiger partial charge in [-0.1, -0.05) is 15.9 Å². The Hall–Kier alpha value is -1.05. The van der Waals surface area contributed by atoms with E-state index in [9.17, 15) is 13.6 Å². The molecule has 1 aromatic rings. The monoisotopic (exact) mass is 335 g/mol. The molecule has 1 saturated heterocycles. The van der Waals surface area contributed by atoms with Crippen molar-refractivity contribution in [2.24, 2.45) is 0 Å². The molecule has 4 nitrogen and oxygen atoms in total. The van der Waals surface area contributed by atoms with Gasteiger partial charge in [0.15, 0.2) is 0 Å². The number of benzene rings is 1. The molecular formula is C12H12BrF2NO3. The zero-order valence-electron chi connectivity index (χ0n) is 9.92. The van der Waals surface area contributed by atoms with Crippen molar-refractivity contribution < 1.29 is 23.0 Å². The fourth-order valence-electron chi connectivity index (χ4n) is 1.71. The van der Waals surface area contributed by atoms with Crippen LogP contribution < -0.4 is 5.32 Å². The fourth-order valence-corrected chi connectivity index (χ4v) is 2.11. The maximum absolute atomic E-state index is 13.5. The van der Waals surface area contributed by atoms with Crippen LogP contribution in [-0.4, -0.2) is 38.4 Å². The van der Waals surface area contributed by atoms with Crippen molar-refractivity contribution >= 4 is 21.8 Å². The molecule has 1 aliphatic rings. The Kier molecular flexibility index (Phi) is 4.84. The fraction of sp³-hybridized carbons (Fsp3) is 0.417. The minimum absolute atomic E-state index is 0.147. The molecule has 0 aliphatic carbocycles. The number of hydrogen-bond acceptors (Lipinski definition) is 3. The van der Waals surface area contributed by atoms with E-state index in [1.165, 1.54) is 0 Å². The maximum atomic E-state index is 13.5. The predicted octanol–water partition coefficient (Wildman–Crippen LogP) is 1.87. The largest absolute Gasteiger partial charge is 0.376 e. The summed E-state index contributed by atoms with van der Waals surface area (Å²) in [4.78, 5) is 11.7. The second-order valence-corrected chi connectivity index (χ2v) is 4.94. The van der Waals surface area contributed by atoms with E-state index >= 15 is 0 Å². The van der Waals surface area contributed by atoms with Crippen molar-refractivity contribution in [3.05, 3.63) is 33.8 Å². The second kappa shape index (κ2) is 6.40. The van der Waals surface area contributed by atoms with Gasteiger partial charge in [-0.15, -0.1) is 0 Å². The van der Waals surface area contributed by atoms with Gasteiger partial charge < -0.3 is 14.8 Å². The Balaban J connectivity index is 1.99. The summed E-state index contributed by atoms with van der Waals surface area (Å²) in [5, 5.41) is 2.43. The summed E-state index contributed by atoms with van der Waals surface area (Å²) in [7, 11) is 0. The number of halogens is 3. The number of amides is 1. The van der Waals surface area contributed by atoms with Crippen LogP contribution in [0.15, 0.2) is 16.6 Å². The minimum Gasteiger partial charge on any atom is -0.376 e. The first-order valence-electron chi connectivity index (χ1n) is 5.70. The van der Waals surface area contributed by atoms with E-state index < -0.39 is 23.1 Å². The highest BCUT2D eigenvalue weighted by atomic mass is 79.9. The zero-order chi connectivity index (χ0) is 13.8. The Bertz CT molecular complexity index is 455. The molecular weight excluding hydrogens is 324 g/mol. The van der Waals surface area contributed by atoms with Crippen LogP contribution in [0.4, 0.5) is 8.78 Å². The van der Waals surface area contributed by atoms with Gasteiger partial charge in [0.25, 0.3) is 5.91 Å². The van der Waals surface area contributed by atoms with Gasteiger partial charge in [0.2, 0.25) is 0 Å². The first-order chi connectivity index (χ1) is 9.08. The van der Waals surface area contributed by atoms with Gasteiger partial charge in [0.1, 0.15) is 17.2 Å². The van der Waals surface area contributed by atoms with Gasteiger partial charge in [-0.05, 0) is 12.1 Å². The number of carbonyl (C=O) groups is 1. The lowest BCUT2D eigenvalue weighted by molar-refractivity contribution is -0.0855. The second-order valence-electron chi connectivity index (χ2n) is 4.02. The highest BCUT2D eigenvalue weighted by Gasteiger charge is 2.20. The van der Waals surface area contributed by atoms with E-state index in [1.807, 2.05) is 0 Å². The Morgan fingerprint density at radius 2 is 2.05 bits per heavy atom. The predicted molar refractivity (Wildman–Crippen MR) is 67.0 cm³/mol. The molecule has 1 atom stereocenters. The molecule has 7 heteroatoms. The van der Waals surface area contributed by atoms with Gasteiger partial charge in [0.05, 0.1) is 25.9 Å². The lowest BCUT2D eigenvalue weighted by Gasteiger charge is -2.23. The Morgan fingerprint density at radius 1 is 1.37 bits per heavy atom. The topological polar surface area (TPSA) is 47.6 Å². The molecule has 1 amide bonds. The maximum Gasteiger partial charge on any atom is 0.257 e. The van der Waals surface area contributed by atoms with Crippen LogP contribution in [0.2, 0.25) is 0 Å². The van der Waals surface area contributed by atoms with Gasteiger partial charge in [-0.2, -0.15) is 0 Å². The highest BCUT2D eigenvalue weighted by Crippen LogP contribution is 2.19. The molecule has 0 bridgehead atoms. The molecule has 104 valence electrons. The van der Waals surface area contributed by atoms with Gasteiger partial charge in [-0.3, -0.25) is 4.79 Å². The third-order valence-corrected chi connectivity index (χ3v) is 3.07. The normalized spacial score (nSPS) is 19.2. The standard InChI is InChI=1S/C12H12BrF2NO3/c13-7-3-9(14)11(10(15)4-7)12(17)16-5-8-6-18-1-2-19-8/h3-4,8H,1-2,5-6H2,(H,16,17). The number of hydrogen-bond donors (Lipinski definition) is 1. The van der Waals surface area contributed by atoms with Crippen molar-refractivity contribution in [2.45, 2.75) is 6.10 Å². The van der Waals surface area contributed by atoms with Crippen LogP contribution in [0.25, 0.3) is 0 Å². The lowest BCUT2D eigenvalue weighted by atomic mass is 10.2. The van der Waals surface area contributed by atoms with E-state index in [0.29, 0.717) is 19.8 Å². The minimum atomic E-state index is -0.912. The molecule has 0 saturated carbocycles.